The van der Waals surface area contributed by atoms with Crippen LogP contribution in [0.2, 0.25) is 0 Å². The molecule has 0 aromatic heterocycles. The zero-order valence-corrected chi connectivity index (χ0v) is 7.82. The Morgan fingerprint density at radius 1 is 1.62 bits per heavy atom. The molecule has 4 atom stereocenters. The molecule has 1 fully saturated rings. The molecule has 0 spiro atoms. The summed E-state index contributed by atoms with van der Waals surface area (Å²) in [7, 11) is 0. The van der Waals surface area contributed by atoms with E-state index < -0.39 is 11.7 Å². The van der Waals surface area contributed by atoms with Crippen LogP contribution in [0.4, 0.5) is 0 Å². The summed E-state index contributed by atoms with van der Waals surface area (Å²) in [4.78, 5) is 0. The van der Waals surface area contributed by atoms with Crippen molar-refractivity contribution < 1.29 is 9.84 Å². The van der Waals surface area contributed by atoms with Crippen molar-refractivity contribution in [3.05, 3.63) is 12.2 Å². The Labute approximate surface area is 77.6 Å². The summed E-state index contributed by atoms with van der Waals surface area (Å²) in [5, 5.41) is 18.6. The number of hydrogen-bond acceptors (Lipinski definition) is 3. The monoisotopic (exact) mass is 179 g/mol. The first-order valence-corrected chi connectivity index (χ1v) is 4.47. The Hall–Kier alpha value is -0.850. The number of aliphatic hydroxyl groups is 1. The molecule has 0 aliphatic carbocycles. The van der Waals surface area contributed by atoms with Gasteiger partial charge in [-0.15, -0.1) is 0 Å². The van der Waals surface area contributed by atoms with Gasteiger partial charge in [0.15, 0.2) is 0 Å². The molecule has 13 heavy (non-hydrogen) atoms. The van der Waals surface area contributed by atoms with Crippen molar-refractivity contribution in [2.45, 2.75) is 37.6 Å². The van der Waals surface area contributed by atoms with Crippen LogP contribution in [-0.4, -0.2) is 22.4 Å². The number of ether oxygens (including phenoxy) is 1. The lowest BCUT2D eigenvalue weighted by Crippen LogP contribution is -2.46. The molecule has 0 radical (unpaired) electrons. The van der Waals surface area contributed by atoms with Gasteiger partial charge in [0.2, 0.25) is 0 Å². The number of hydrogen-bond donors (Lipinski definition) is 1. The minimum Gasteiger partial charge on any atom is -0.386 e. The molecule has 1 N–H and O–H groups in total. The molecule has 3 heteroatoms. The van der Waals surface area contributed by atoms with E-state index in [0.717, 1.165) is 0 Å². The van der Waals surface area contributed by atoms with E-state index in [1.165, 1.54) is 0 Å². The van der Waals surface area contributed by atoms with Gasteiger partial charge in [-0.2, -0.15) is 5.26 Å². The van der Waals surface area contributed by atoms with E-state index in [1.54, 1.807) is 13.0 Å². The van der Waals surface area contributed by atoms with Crippen molar-refractivity contribution in [1.82, 2.24) is 0 Å². The topological polar surface area (TPSA) is 53.2 Å². The minimum atomic E-state index is -0.710. The smallest absolute Gasteiger partial charge is 0.112 e. The highest BCUT2D eigenvalue weighted by Gasteiger charge is 2.56. The summed E-state index contributed by atoms with van der Waals surface area (Å²) in [6.07, 6.45) is 3.61. The molecule has 0 aromatic rings. The zero-order chi connectivity index (χ0) is 9.69. The van der Waals surface area contributed by atoms with Crippen LogP contribution in [0.1, 0.15) is 20.3 Å². The number of nitriles is 1. The fourth-order valence-corrected chi connectivity index (χ4v) is 2.25. The largest absolute Gasteiger partial charge is 0.386 e. The molecule has 1 saturated heterocycles. The number of aliphatic hydroxyl groups excluding tert-OH is 1. The Balaban J connectivity index is 2.43. The zero-order valence-electron chi connectivity index (χ0n) is 7.82. The first-order valence-electron chi connectivity index (χ1n) is 4.47. The van der Waals surface area contributed by atoms with Gasteiger partial charge in [0.25, 0.3) is 0 Å². The van der Waals surface area contributed by atoms with Crippen molar-refractivity contribution in [3.8, 4) is 6.07 Å². The van der Waals surface area contributed by atoms with Crippen LogP contribution in [0.25, 0.3) is 0 Å². The lowest BCUT2D eigenvalue weighted by Gasteiger charge is -2.36. The Morgan fingerprint density at radius 2 is 2.31 bits per heavy atom. The molecule has 2 bridgehead atoms. The van der Waals surface area contributed by atoms with E-state index in [2.05, 4.69) is 6.07 Å². The average Bonchev–Trinajstić information content (AvgIpc) is 2.30. The van der Waals surface area contributed by atoms with Gasteiger partial charge in [-0.1, -0.05) is 12.2 Å². The lowest BCUT2D eigenvalue weighted by molar-refractivity contribution is -0.128. The first-order chi connectivity index (χ1) is 6.00. The van der Waals surface area contributed by atoms with Crippen molar-refractivity contribution in [2.75, 3.05) is 0 Å². The first kappa shape index (κ1) is 8.74. The van der Waals surface area contributed by atoms with E-state index in [4.69, 9.17) is 10.00 Å². The second-order valence-corrected chi connectivity index (χ2v) is 4.29. The SMILES string of the molecule is CC12C=CC(O)C(C)(O1)C(C#N)C2. The molecule has 2 aliphatic heterocycles. The van der Waals surface area contributed by atoms with E-state index in [-0.39, 0.29) is 11.5 Å². The van der Waals surface area contributed by atoms with E-state index >= 15 is 0 Å². The van der Waals surface area contributed by atoms with Crippen LogP contribution in [0.15, 0.2) is 12.2 Å². The van der Waals surface area contributed by atoms with Gasteiger partial charge in [0, 0.05) is 0 Å². The quantitative estimate of drug-likeness (QED) is 0.564. The molecule has 70 valence electrons. The fourth-order valence-electron chi connectivity index (χ4n) is 2.25. The van der Waals surface area contributed by atoms with E-state index in [9.17, 15) is 5.11 Å². The van der Waals surface area contributed by atoms with Crippen molar-refractivity contribution >= 4 is 0 Å². The van der Waals surface area contributed by atoms with Gasteiger partial charge in [-0.3, -0.25) is 0 Å². The minimum absolute atomic E-state index is 0.220. The van der Waals surface area contributed by atoms with Crippen molar-refractivity contribution in [1.29, 1.82) is 5.26 Å². The summed E-state index contributed by atoms with van der Waals surface area (Å²) in [6, 6.07) is 2.21. The van der Waals surface area contributed by atoms with Crippen molar-refractivity contribution in [3.63, 3.8) is 0 Å². The summed E-state index contributed by atoms with van der Waals surface area (Å²) in [6.45, 7) is 3.76. The standard InChI is InChI=1S/C10H13NO2/c1-9-4-3-8(12)10(2,13-9)7(5-9)6-11/h3-4,7-8,12H,5H2,1-2H3. The van der Waals surface area contributed by atoms with Gasteiger partial charge in [0.1, 0.15) is 11.7 Å². The molecule has 4 unspecified atom stereocenters. The Kier molecular flexibility index (Phi) is 1.57. The van der Waals surface area contributed by atoms with Gasteiger partial charge >= 0.3 is 0 Å². The maximum absolute atomic E-state index is 9.71. The number of nitrogens with zero attached hydrogens (tertiary/aromatic N) is 1. The van der Waals surface area contributed by atoms with E-state index in [0.29, 0.717) is 6.42 Å². The second-order valence-electron chi connectivity index (χ2n) is 4.29. The highest BCUT2D eigenvalue weighted by molar-refractivity contribution is 5.23. The van der Waals surface area contributed by atoms with E-state index in [1.807, 2.05) is 13.0 Å². The third kappa shape index (κ3) is 1.03. The molecular weight excluding hydrogens is 166 g/mol. The average molecular weight is 179 g/mol. The lowest BCUT2D eigenvalue weighted by atomic mass is 9.85. The summed E-state index contributed by atoms with van der Waals surface area (Å²) in [5.74, 6) is -0.220. The van der Waals surface area contributed by atoms with Crippen LogP contribution >= 0.6 is 0 Å². The van der Waals surface area contributed by atoms with Crippen LogP contribution < -0.4 is 0 Å². The molecule has 3 nitrogen and oxygen atoms in total. The summed E-state index contributed by atoms with van der Waals surface area (Å²) >= 11 is 0. The third-order valence-electron chi connectivity index (χ3n) is 3.13. The fraction of sp³-hybridized carbons (Fsp3) is 0.700. The van der Waals surface area contributed by atoms with Gasteiger partial charge in [-0.05, 0) is 20.3 Å². The number of rotatable bonds is 0. The predicted octanol–water partition coefficient (Wildman–Crippen LogP) is 0.995. The van der Waals surface area contributed by atoms with Gasteiger partial charge in [0.05, 0.1) is 17.6 Å². The highest BCUT2D eigenvalue weighted by Crippen LogP contribution is 2.47. The summed E-state index contributed by atoms with van der Waals surface area (Å²) < 4.78 is 5.73. The molecule has 2 rings (SSSR count). The maximum atomic E-state index is 9.71. The Bertz CT molecular complexity index is 307. The highest BCUT2D eigenvalue weighted by atomic mass is 16.5. The summed E-state index contributed by atoms with van der Waals surface area (Å²) in [5.41, 5.74) is -1.06. The van der Waals surface area contributed by atoms with Crippen LogP contribution in [0.5, 0.6) is 0 Å². The molecule has 0 saturated carbocycles. The van der Waals surface area contributed by atoms with Crippen molar-refractivity contribution in [2.24, 2.45) is 5.92 Å². The van der Waals surface area contributed by atoms with Crippen LogP contribution in [0.3, 0.4) is 0 Å². The molecule has 0 amide bonds. The van der Waals surface area contributed by atoms with Gasteiger partial charge < -0.3 is 9.84 Å². The second kappa shape index (κ2) is 2.34. The predicted molar refractivity (Wildman–Crippen MR) is 46.8 cm³/mol. The maximum Gasteiger partial charge on any atom is 0.112 e. The third-order valence-corrected chi connectivity index (χ3v) is 3.13. The molecule has 0 aromatic carbocycles. The molecular formula is C10H13NO2. The molecule has 2 aliphatic rings. The Morgan fingerprint density at radius 3 is 2.92 bits per heavy atom. The number of fused-ring (bicyclic) bond motifs is 2. The van der Waals surface area contributed by atoms with Gasteiger partial charge in [-0.25, -0.2) is 0 Å². The normalized spacial score (nSPS) is 53.4. The van der Waals surface area contributed by atoms with Crippen LogP contribution in [-0.2, 0) is 4.74 Å². The van der Waals surface area contributed by atoms with Crippen LogP contribution in [0, 0.1) is 17.2 Å². The molecule has 2 heterocycles.